The Morgan fingerprint density at radius 2 is 2.07 bits per heavy atom. The normalized spacial score (nSPS) is 20.6. The molecule has 4 rings (SSSR count). The molecule has 0 aliphatic carbocycles. The third-order valence-corrected chi connectivity index (χ3v) is 5.06. The average Bonchev–Trinajstić information content (AvgIpc) is 3.23. The van der Waals surface area contributed by atoms with Crippen LogP contribution >= 0.6 is 0 Å². The van der Waals surface area contributed by atoms with Gasteiger partial charge in [-0.05, 0) is 36.8 Å². The van der Waals surface area contributed by atoms with Crippen molar-refractivity contribution in [3.05, 3.63) is 59.2 Å². The topological polar surface area (TPSA) is 54.0 Å². The van der Waals surface area contributed by atoms with Crippen molar-refractivity contribution in [3.8, 4) is 0 Å². The largest absolute Gasteiger partial charge is 0.416 e. The monoisotopic (exact) mass is 408 g/mol. The Balaban J connectivity index is 1.38. The number of aryl methyl sites for hydroxylation is 1. The second kappa shape index (κ2) is 7.72. The summed E-state index contributed by atoms with van der Waals surface area (Å²) in [4.78, 5) is 13.3. The summed E-state index contributed by atoms with van der Waals surface area (Å²) in [6, 6.07) is 7.13. The van der Waals surface area contributed by atoms with Gasteiger partial charge in [-0.15, -0.1) is 0 Å². The Morgan fingerprint density at radius 1 is 1.24 bits per heavy atom. The van der Waals surface area contributed by atoms with Gasteiger partial charge in [0.1, 0.15) is 24.7 Å². The van der Waals surface area contributed by atoms with E-state index < -0.39 is 24.0 Å². The van der Waals surface area contributed by atoms with Gasteiger partial charge in [0.2, 0.25) is 0 Å². The van der Waals surface area contributed by atoms with E-state index >= 15 is 0 Å². The number of halogens is 4. The van der Waals surface area contributed by atoms with Crippen LogP contribution in [-0.2, 0) is 24.1 Å². The fourth-order valence-electron chi connectivity index (χ4n) is 3.48. The molecule has 1 aliphatic rings. The van der Waals surface area contributed by atoms with Gasteiger partial charge in [0.25, 0.3) is 0 Å². The second-order valence-electron chi connectivity index (χ2n) is 7.24. The fourth-order valence-corrected chi connectivity index (χ4v) is 3.48. The van der Waals surface area contributed by atoms with Crippen LogP contribution in [0.1, 0.15) is 22.6 Å². The highest BCUT2D eigenvalue weighted by Crippen LogP contribution is 2.31. The fraction of sp³-hybridized carbons (Fsp3) is 0.400. The zero-order valence-electron chi connectivity index (χ0n) is 15.7. The molecular formula is C20H20F4N4O. The molecule has 0 radical (unpaired) electrons. The van der Waals surface area contributed by atoms with Gasteiger partial charge in [-0.3, -0.25) is 9.88 Å². The van der Waals surface area contributed by atoms with Crippen LogP contribution < -0.4 is 0 Å². The van der Waals surface area contributed by atoms with Crippen molar-refractivity contribution in [1.82, 2.24) is 19.9 Å². The van der Waals surface area contributed by atoms with Crippen molar-refractivity contribution in [1.29, 1.82) is 0 Å². The molecule has 1 aliphatic heterocycles. The maximum absolute atomic E-state index is 14.4. The summed E-state index contributed by atoms with van der Waals surface area (Å²) in [5.74, 6) is 0.366. The Hall–Kier alpha value is -2.52. The summed E-state index contributed by atoms with van der Waals surface area (Å²) in [6.45, 7) is 3.16. The number of aromatic nitrogens is 3. The van der Waals surface area contributed by atoms with Crippen LogP contribution in [0.25, 0.3) is 11.0 Å². The number of nitrogens with zero attached hydrogens (tertiary/aromatic N) is 3. The molecule has 0 spiro atoms. The molecule has 1 saturated heterocycles. The number of benzene rings is 1. The molecule has 0 saturated carbocycles. The summed E-state index contributed by atoms with van der Waals surface area (Å²) in [6.07, 6.45) is -4.49. The molecule has 1 fully saturated rings. The molecule has 0 amide bonds. The molecule has 2 unspecified atom stereocenters. The molecule has 29 heavy (non-hydrogen) atoms. The van der Waals surface area contributed by atoms with E-state index in [1.54, 1.807) is 6.20 Å². The number of nitrogens with one attached hydrogen (secondary N) is 1. The first-order valence-corrected chi connectivity index (χ1v) is 9.24. The Bertz CT molecular complexity index is 1000. The number of ether oxygens (including phenoxy) is 1. The van der Waals surface area contributed by atoms with Crippen molar-refractivity contribution >= 4 is 11.0 Å². The minimum atomic E-state index is -4.42. The van der Waals surface area contributed by atoms with Crippen molar-refractivity contribution in [2.75, 3.05) is 13.1 Å². The Morgan fingerprint density at radius 3 is 2.83 bits per heavy atom. The first-order chi connectivity index (χ1) is 13.8. The van der Waals surface area contributed by atoms with Crippen LogP contribution in [0.15, 0.2) is 36.5 Å². The van der Waals surface area contributed by atoms with Crippen LogP contribution in [0, 0.1) is 6.92 Å². The number of hydrogen-bond acceptors (Lipinski definition) is 4. The van der Waals surface area contributed by atoms with Gasteiger partial charge in [-0.2, -0.15) is 13.2 Å². The van der Waals surface area contributed by atoms with Crippen LogP contribution in [0.4, 0.5) is 17.6 Å². The van der Waals surface area contributed by atoms with Crippen molar-refractivity contribution < 1.29 is 22.3 Å². The van der Waals surface area contributed by atoms with E-state index in [1.165, 1.54) is 6.07 Å². The van der Waals surface area contributed by atoms with Gasteiger partial charge in [0.15, 0.2) is 0 Å². The molecule has 9 heteroatoms. The molecule has 1 aromatic carbocycles. The molecule has 154 valence electrons. The van der Waals surface area contributed by atoms with Crippen LogP contribution in [0.3, 0.4) is 0 Å². The number of likely N-dealkylation sites (tertiary alicyclic amines) is 1. The van der Waals surface area contributed by atoms with E-state index in [-0.39, 0.29) is 18.7 Å². The highest BCUT2D eigenvalue weighted by atomic mass is 19.4. The van der Waals surface area contributed by atoms with Crippen molar-refractivity contribution in [2.24, 2.45) is 0 Å². The minimum Gasteiger partial charge on any atom is -0.366 e. The number of fused-ring (bicyclic) bond motifs is 1. The quantitative estimate of drug-likeness (QED) is 0.648. The highest BCUT2D eigenvalue weighted by Gasteiger charge is 2.34. The molecule has 3 aromatic rings. The summed E-state index contributed by atoms with van der Waals surface area (Å²) < 4.78 is 58.5. The minimum absolute atomic E-state index is 0.00241. The Labute approximate surface area is 164 Å². The Kier molecular flexibility index (Phi) is 5.26. The number of aromatic amines is 1. The lowest BCUT2D eigenvalue weighted by molar-refractivity contribution is -0.137. The number of hydrogen-bond donors (Lipinski definition) is 1. The number of H-pyrrole nitrogens is 1. The number of rotatable bonds is 5. The van der Waals surface area contributed by atoms with E-state index in [4.69, 9.17) is 4.74 Å². The van der Waals surface area contributed by atoms with E-state index in [9.17, 15) is 17.6 Å². The predicted molar refractivity (Wildman–Crippen MR) is 98.8 cm³/mol. The molecule has 2 aromatic heterocycles. The zero-order chi connectivity index (χ0) is 20.6. The summed E-state index contributed by atoms with van der Waals surface area (Å²) in [5, 5.41) is 0. The van der Waals surface area contributed by atoms with Crippen LogP contribution in [-0.4, -0.2) is 45.2 Å². The first-order valence-electron chi connectivity index (χ1n) is 9.24. The lowest BCUT2D eigenvalue weighted by Gasteiger charge is -2.16. The number of alkyl halides is 4. The predicted octanol–water partition coefficient (Wildman–Crippen LogP) is 4.02. The van der Waals surface area contributed by atoms with Gasteiger partial charge in [0, 0.05) is 25.8 Å². The summed E-state index contributed by atoms with van der Waals surface area (Å²) in [7, 11) is 0. The molecule has 1 N–H and O–H groups in total. The highest BCUT2D eigenvalue weighted by molar-refractivity contribution is 5.76. The van der Waals surface area contributed by atoms with Crippen LogP contribution in [0.5, 0.6) is 0 Å². The average molecular weight is 408 g/mol. The lowest BCUT2D eigenvalue weighted by atomic mass is 10.2. The van der Waals surface area contributed by atoms with Gasteiger partial charge < -0.3 is 9.72 Å². The lowest BCUT2D eigenvalue weighted by Crippen LogP contribution is -2.25. The van der Waals surface area contributed by atoms with Gasteiger partial charge in [0.05, 0.1) is 22.3 Å². The van der Waals surface area contributed by atoms with Crippen molar-refractivity contribution in [3.63, 3.8) is 0 Å². The van der Waals surface area contributed by atoms with E-state index in [2.05, 4.69) is 15.0 Å². The SMILES string of the molecule is Cc1cccnc1CN1CC(F)C(OCc2nc3ccc(C(F)(F)F)cc3[nH]2)C1. The van der Waals surface area contributed by atoms with Gasteiger partial charge >= 0.3 is 6.18 Å². The maximum atomic E-state index is 14.4. The summed E-state index contributed by atoms with van der Waals surface area (Å²) >= 11 is 0. The van der Waals surface area contributed by atoms with Crippen molar-refractivity contribution in [2.45, 2.75) is 38.5 Å². The number of imidazole rings is 1. The van der Waals surface area contributed by atoms with E-state index in [0.29, 0.717) is 24.4 Å². The van der Waals surface area contributed by atoms with Gasteiger partial charge in [-0.1, -0.05) is 6.07 Å². The smallest absolute Gasteiger partial charge is 0.366 e. The third-order valence-electron chi connectivity index (χ3n) is 5.06. The molecule has 5 nitrogen and oxygen atoms in total. The zero-order valence-corrected chi connectivity index (χ0v) is 15.7. The van der Waals surface area contributed by atoms with Gasteiger partial charge in [-0.25, -0.2) is 9.37 Å². The third kappa shape index (κ3) is 4.40. The number of pyridine rings is 1. The molecule has 3 heterocycles. The van der Waals surface area contributed by atoms with E-state index in [1.807, 2.05) is 24.0 Å². The summed E-state index contributed by atoms with van der Waals surface area (Å²) in [5.41, 5.74) is 1.88. The molecular weight excluding hydrogens is 388 g/mol. The van der Waals surface area contributed by atoms with Crippen LogP contribution in [0.2, 0.25) is 0 Å². The second-order valence-corrected chi connectivity index (χ2v) is 7.24. The molecule has 2 atom stereocenters. The van der Waals surface area contributed by atoms with E-state index in [0.717, 1.165) is 23.4 Å². The standard InChI is InChI=1S/C20H20F4N4O/c1-12-3-2-6-25-17(12)9-28-8-14(21)18(10-28)29-11-19-26-15-5-4-13(20(22,23)24)7-16(15)27-19/h2-7,14,18H,8-11H2,1H3,(H,26,27). The molecule has 0 bridgehead atoms. The maximum Gasteiger partial charge on any atom is 0.416 e. The first kappa shape index (κ1) is 19.8.